The molecule has 2 saturated carbocycles. The Kier molecular flexibility index (Phi) is 4.66. The second kappa shape index (κ2) is 7.08. The Morgan fingerprint density at radius 3 is 2.80 bits per heavy atom. The summed E-state index contributed by atoms with van der Waals surface area (Å²) in [4.78, 5) is 14.6. The summed E-state index contributed by atoms with van der Waals surface area (Å²) < 4.78 is 0. The third kappa shape index (κ3) is 3.38. The van der Waals surface area contributed by atoms with Crippen molar-refractivity contribution in [1.82, 2.24) is 10.6 Å². The van der Waals surface area contributed by atoms with Crippen molar-refractivity contribution in [2.75, 3.05) is 24.6 Å². The van der Waals surface area contributed by atoms with Crippen LogP contribution in [0.5, 0.6) is 0 Å². The number of aliphatic hydroxyl groups excluding tert-OH is 1. The monoisotopic (exact) mass is 341 g/mol. The largest absolute Gasteiger partial charge is 0.396 e. The van der Waals surface area contributed by atoms with Crippen molar-refractivity contribution in [2.45, 2.75) is 31.8 Å². The molecule has 0 spiro atoms. The summed E-state index contributed by atoms with van der Waals surface area (Å²) in [6.07, 6.45) is 7.88. The fourth-order valence-electron chi connectivity index (χ4n) is 4.83. The highest BCUT2D eigenvalue weighted by Crippen LogP contribution is 2.48. The number of fused-ring (bicyclic) bond motifs is 2. The van der Waals surface area contributed by atoms with E-state index in [2.05, 4.69) is 39.8 Å². The first-order chi connectivity index (χ1) is 12.2. The molecule has 5 nitrogen and oxygen atoms in total. The first-order valence-electron chi connectivity index (χ1n) is 9.38. The third-order valence-electron chi connectivity index (χ3n) is 6.14. The van der Waals surface area contributed by atoms with Gasteiger partial charge in [-0.3, -0.25) is 0 Å². The average molecular weight is 341 g/mol. The number of carbonyl (C=O) groups is 1. The number of hydrogen-bond acceptors (Lipinski definition) is 3. The Hall–Kier alpha value is -2.01. The smallest absolute Gasteiger partial charge is 0.315 e. The van der Waals surface area contributed by atoms with Gasteiger partial charge in [0.1, 0.15) is 0 Å². The van der Waals surface area contributed by atoms with Gasteiger partial charge >= 0.3 is 6.03 Å². The number of rotatable bonds is 5. The number of anilines is 1. The minimum Gasteiger partial charge on any atom is -0.396 e. The van der Waals surface area contributed by atoms with Crippen molar-refractivity contribution < 1.29 is 9.90 Å². The van der Waals surface area contributed by atoms with E-state index in [1.54, 1.807) is 0 Å². The van der Waals surface area contributed by atoms with E-state index in [0.29, 0.717) is 18.4 Å². The highest BCUT2D eigenvalue weighted by atomic mass is 16.3. The van der Waals surface area contributed by atoms with Gasteiger partial charge in [0.15, 0.2) is 0 Å². The summed E-state index contributed by atoms with van der Waals surface area (Å²) in [6.45, 7) is 2.60. The van der Waals surface area contributed by atoms with Gasteiger partial charge in [0.2, 0.25) is 0 Å². The molecule has 4 unspecified atom stereocenters. The lowest BCUT2D eigenvalue weighted by Crippen LogP contribution is -2.48. The number of amides is 2. The summed E-state index contributed by atoms with van der Waals surface area (Å²) in [5.41, 5.74) is 2.30. The normalized spacial score (nSPS) is 30.0. The van der Waals surface area contributed by atoms with Crippen molar-refractivity contribution >= 4 is 11.7 Å². The van der Waals surface area contributed by atoms with Gasteiger partial charge in [0, 0.05) is 43.9 Å². The van der Waals surface area contributed by atoms with Gasteiger partial charge in [0.05, 0.1) is 0 Å². The van der Waals surface area contributed by atoms with E-state index < -0.39 is 0 Å². The van der Waals surface area contributed by atoms with E-state index in [9.17, 15) is 9.90 Å². The second-order valence-corrected chi connectivity index (χ2v) is 7.58. The van der Waals surface area contributed by atoms with Crippen molar-refractivity contribution in [3.05, 3.63) is 42.0 Å². The van der Waals surface area contributed by atoms with E-state index in [-0.39, 0.29) is 24.6 Å². The van der Waals surface area contributed by atoms with Crippen LogP contribution < -0.4 is 15.5 Å². The molecule has 134 valence electrons. The lowest BCUT2D eigenvalue weighted by molar-refractivity contribution is 0.144. The van der Waals surface area contributed by atoms with Crippen LogP contribution in [0.15, 0.2) is 36.4 Å². The van der Waals surface area contributed by atoms with Gasteiger partial charge in [-0.15, -0.1) is 0 Å². The van der Waals surface area contributed by atoms with Crippen molar-refractivity contribution in [3.63, 3.8) is 0 Å². The highest BCUT2D eigenvalue weighted by Gasteiger charge is 2.47. The molecular weight excluding hydrogens is 314 g/mol. The van der Waals surface area contributed by atoms with Crippen molar-refractivity contribution in [1.29, 1.82) is 0 Å². The Bertz CT molecular complexity index is 652. The van der Waals surface area contributed by atoms with Crippen LogP contribution in [0.4, 0.5) is 10.5 Å². The van der Waals surface area contributed by atoms with E-state index in [0.717, 1.165) is 25.1 Å². The number of nitrogens with one attached hydrogen (secondary N) is 2. The molecule has 4 rings (SSSR count). The number of benzene rings is 1. The first-order valence-corrected chi connectivity index (χ1v) is 9.38. The molecule has 2 amide bonds. The number of nitrogens with zero attached hydrogens (tertiary/aromatic N) is 1. The Balaban J connectivity index is 1.31. The minimum absolute atomic E-state index is 0.121. The Morgan fingerprint density at radius 1 is 1.20 bits per heavy atom. The fraction of sp³-hybridized carbons (Fsp3) is 0.550. The van der Waals surface area contributed by atoms with Gasteiger partial charge in [0.25, 0.3) is 0 Å². The number of carbonyl (C=O) groups excluding carboxylic acids is 1. The maximum Gasteiger partial charge on any atom is 0.315 e. The third-order valence-corrected chi connectivity index (χ3v) is 6.14. The molecule has 0 saturated heterocycles. The van der Waals surface area contributed by atoms with Gasteiger partial charge in [-0.2, -0.15) is 0 Å². The van der Waals surface area contributed by atoms with Gasteiger partial charge in [-0.25, -0.2) is 4.79 Å². The molecule has 1 aliphatic heterocycles. The zero-order chi connectivity index (χ0) is 17.2. The topological polar surface area (TPSA) is 64.6 Å². The zero-order valence-corrected chi connectivity index (χ0v) is 14.5. The maximum atomic E-state index is 12.3. The summed E-state index contributed by atoms with van der Waals surface area (Å²) in [7, 11) is 0. The molecular formula is C20H27N3O2. The van der Waals surface area contributed by atoms with Crippen molar-refractivity contribution in [2.24, 2.45) is 17.8 Å². The van der Waals surface area contributed by atoms with Crippen LogP contribution in [0.1, 0.15) is 24.8 Å². The molecule has 1 heterocycles. The fourth-order valence-corrected chi connectivity index (χ4v) is 4.83. The molecule has 2 aliphatic carbocycles. The summed E-state index contributed by atoms with van der Waals surface area (Å²) in [5.74, 6) is 1.36. The molecule has 2 bridgehead atoms. The van der Waals surface area contributed by atoms with Crippen LogP contribution in [0.25, 0.3) is 0 Å². The average Bonchev–Trinajstić information content (AvgIpc) is 3.37. The lowest BCUT2D eigenvalue weighted by Gasteiger charge is -2.30. The first kappa shape index (κ1) is 16.5. The predicted molar refractivity (Wildman–Crippen MR) is 98.4 cm³/mol. The predicted octanol–water partition coefficient (Wildman–Crippen LogP) is 2.27. The molecule has 4 atom stereocenters. The zero-order valence-electron chi connectivity index (χ0n) is 14.5. The quantitative estimate of drug-likeness (QED) is 0.720. The number of urea groups is 1. The summed E-state index contributed by atoms with van der Waals surface area (Å²) in [6, 6.07) is 8.34. The van der Waals surface area contributed by atoms with E-state index in [4.69, 9.17) is 0 Å². The maximum absolute atomic E-state index is 12.3. The molecule has 5 heteroatoms. The molecule has 2 fully saturated rings. The number of aliphatic hydroxyl groups is 1. The van der Waals surface area contributed by atoms with Crippen molar-refractivity contribution in [3.8, 4) is 0 Å². The summed E-state index contributed by atoms with van der Waals surface area (Å²) >= 11 is 0. The van der Waals surface area contributed by atoms with Gasteiger partial charge < -0.3 is 20.6 Å². The standard InChI is InChI=1S/C20H27N3O2/c24-13-18-15-6-7-16(11-15)19(18)22-20(25)21-12-14-4-3-5-17(10-14)23-8-1-2-9-23/h1-5,10,15-16,18-19,24H,6-9,11-13H2,(H2,21,22,25). The van der Waals surface area contributed by atoms with Crippen LogP contribution in [0, 0.1) is 17.8 Å². The van der Waals surface area contributed by atoms with Crippen LogP contribution in [-0.2, 0) is 6.54 Å². The molecule has 25 heavy (non-hydrogen) atoms. The molecule has 1 aromatic carbocycles. The van der Waals surface area contributed by atoms with Crippen LogP contribution in [0.3, 0.4) is 0 Å². The molecule has 3 aliphatic rings. The van der Waals surface area contributed by atoms with Crippen LogP contribution in [-0.4, -0.2) is 36.9 Å². The molecule has 3 N–H and O–H groups in total. The summed E-state index contributed by atoms with van der Waals surface area (Å²) in [5, 5.41) is 15.7. The van der Waals surface area contributed by atoms with Crippen LogP contribution in [0.2, 0.25) is 0 Å². The molecule has 0 radical (unpaired) electrons. The molecule has 0 aromatic heterocycles. The van der Waals surface area contributed by atoms with Gasteiger partial charge in [-0.1, -0.05) is 24.3 Å². The van der Waals surface area contributed by atoms with E-state index in [1.165, 1.54) is 18.5 Å². The van der Waals surface area contributed by atoms with Gasteiger partial charge in [-0.05, 0) is 48.8 Å². The Morgan fingerprint density at radius 2 is 2.00 bits per heavy atom. The second-order valence-electron chi connectivity index (χ2n) is 7.58. The van der Waals surface area contributed by atoms with E-state index in [1.807, 2.05) is 12.1 Å². The Labute approximate surface area is 149 Å². The highest BCUT2D eigenvalue weighted by molar-refractivity contribution is 5.74. The van der Waals surface area contributed by atoms with E-state index >= 15 is 0 Å². The minimum atomic E-state index is -0.121. The SMILES string of the molecule is O=C(NCc1cccc(N2CC=CC2)c1)NC1C2CCC(C2)C1CO. The molecule has 1 aromatic rings. The number of hydrogen-bond donors (Lipinski definition) is 3. The van der Waals surface area contributed by atoms with Crippen LogP contribution >= 0.6 is 0 Å². The lowest BCUT2D eigenvalue weighted by atomic mass is 9.85.